The molecule has 0 aliphatic rings. The van der Waals surface area contributed by atoms with Crippen LogP contribution in [0.25, 0.3) is 5.69 Å². The summed E-state index contributed by atoms with van der Waals surface area (Å²) in [5.74, 6) is -1.40. The van der Waals surface area contributed by atoms with E-state index in [-0.39, 0.29) is 5.82 Å². The number of benzene rings is 1. The van der Waals surface area contributed by atoms with Crippen molar-refractivity contribution in [1.29, 1.82) is 0 Å². The average Bonchev–Trinajstić information content (AvgIpc) is 2.78. The zero-order valence-electron chi connectivity index (χ0n) is 11.0. The van der Waals surface area contributed by atoms with E-state index in [4.69, 9.17) is 5.11 Å². The molecule has 0 radical (unpaired) electrons. The number of aromatic nitrogens is 3. The fourth-order valence-corrected chi connectivity index (χ4v) is 2.34. The molecule has 0 bridgehead atoms. The number of carbonyl (C=O) groups is 1. The molecule has 2 aromatic rings. The van der Waals surface area contributed by atoms with Gasteiger partial charge in [0.15, 0.2) is 0 Å². The van der Waals surface area contributed by atoms with Gasteiger partial charge in [-0.05, 0) is 40.9 Å². The number of halogens is 2. The summed E-state index contributed by atoms with van der Waals surface area (Å²) < 4.78 is 15.5. The number of carboxylic acids is 1. The van der Waals surface area contributed by atoms with Crippen molar-refractivity contribution < 1.29 is 14.3 Å². The van der Waals surface area contributed by atoms with E-state index in [1.165, 1.54) is 10.7 Å². The Labute approximate surface area is 123 Å². The molecule has 0 fully saturated rings. The van der Waals surface area contributed by atoms with Gasteiger partial charge in [-0.3, -0.25) is 0 Å². The van der Waals surface area contributed by atoms with Crippen molar-refractivity contribution in [3.8, 4) is 5.69 Å². The molecule has 5 nitrogen and oxygen atoms in total. The van der Waals surface area contributed by atoms with Gasteiger partial charge in [0.1, 0.15) is 11.6 Å². The molecule has 106 valence electrons. The van der Waals surface area contributed by atoms with Gasteiger partial charge in [-0.15, -0.1) is 5.10 Å². The van der Waals surface area contributed by atoms with Crippen LogP contribution in [0.15, 0.2) is 16.6 Å². The van der Waals surface area contributed by atoms with E-state index in [1.807, 2.05) is 6.92 Å². The van der Waals surface area contributed by atoms with Crippen LogP contribution in [0.5, 0.6) is 0 Å². The minimum atomic E-state index is -1.20. The van der Waals surface area contributed by atoms with Gasteiger partial charge >= 0.3 is 5.97 Å². The lowest BCUT2D eigenvalue weighted by Crippen LogP contribution is -2.06. The lowest BCUT2D eigenvalue weighted by molar-refractivity contribution is 0.0683. The SMILES string of the molecule is CCCc1nc(C(=O)O)nn1-c1cc(F)c(Br)cc1C. The first kappa shape index (κ1) is 14.6. The van der Waals surface area contributed by atoms with E-state index in [9.17, 15) is 9.18 Å². The zero-order valence-corrected chi connectivity index (χ0v) is 12.6. The number of aromatic carboxylic acids is 1. The maximum absolute atomic E-state index is 13.7. The second-order valence-corrected chi connectivity index (χ2v) is 5.23. The lowest BCUT2D eigenvalue weighted by Gasteiger charge is -2.09. The third-order valence-corrected chi connectivity index (χ3v) is 3.41. The van der Waals surface area contributed by atoms with Crippen LogP contribution >= 0.6 is 15.9 Å². The third kappa shape index (κ3) is 2.72. The molecule has 0 saturated heterocycles. The summed E-state index contributed by atoms with van der Waals surface area (Å²) in [6, 6.07) is 2.95. The fraction of sp³-hybridized carbons (Fsp3) is 0.308. The second kappa shape index (κ2) is 5.70. The van der Waals surface area contributed by atoms with Crippen LogP contribution in [0.2, 0.25) is 0 Å². The van der Waals surface area contributed by atoms with Gasteiger partial charge in [0.2, 0.25) is 0 Å². The number of hydrogen-bond acceptors (Lipinski definition) is 3. The number of rotatable bonds is 4. The van der Waals surface area contributed by atoms with E-state index in [0.29, 0.717) is 22.4 Å². The molecular formula is C13H13BrFN3O2. The highest BCUT2D eigenvalue weighted by molar-refractivity contribution is 9.10. The Morgan fingerprint density at radius 2 is 2.20 bits per heavy atom. The maximum Gasteiger partial charge on any atom is 0.375 e. The molecule has 0 aliphatic carbocycles. The summed E-state index contributed by atoms with van der Waals surface area (Å²) in [6.45, 7) is 3.76. The van der Waals surface area contributed by atoms with Crippen LogP contribution in [-0.4, -0.2) is 25.8 Å². The van der Waals surface area contributed by atoms with Crippen LogP contribution < -0.4 is 0 Å². The first-order chi connectivity index (χ1) is 9.43. The van der Waals surface area contributed by atoms with Crippen molar-refractivity contribution in [2.45, 2.75) is 26.7 Å². The molecule has 1 heterocycles. The molecule has 1 aromatic carbocycles. The molecule has 1 N–H and O–H groups in total. The van der Waals surface area contributed by atoms with Crippen molar-refractivity contribution in [3.63, 3.8) is 0 Å². The van der Waals surface area contributed by atoms with Gasteiger partial charge in [0.05, 0.1) is 10.2 Å². The highest BCUT2D eigenvalue weighted by Gasteiger charge is 2.18. The summed E-state index contributed by atoms with van der Waals surface area (Å²) in [6.07, 6.45) is 1.35. The third-order valence-electron chi connectivity index (χ3n) is 2.81. The monoisotopic (exact) mass is 341 g/mol. The predicted molar refractivity (Wildman–Crippen MR) is 74.7 cm³/mol. The Hall–Kier alpha value is -1.76. The summed E-state index contributed by atoms with van der Waals surface area (Å²) in [4.78, 5) is 15.0. The van der Waals surface area contributed by atoms with E-state index < -0.39 is 11.8 Å². The molecule has 0 saturated carbocycles. The maximum atomic E-state index is 13.7. The molecule has 0 atom stereocenters. The van der Waals surface area contributed by atoms with Crippen LogP contribution in [0.1, 0.15) is 35.4 Å². The van der Waals surface area contributed by atoms with Crippen molar-refractivity contribution in [1.82, 2.24) is 14.8 Å². The number of hydrogen-bond donors (Lipinski definition) is 1. The topological polar surface area (TPSA) is 68.0 Å². The molecule has 7 heteroatoms. The second-order valence-electron chi connectivity index (χ2n) is 4.37. The molecular weight excluding hydrogens is 329 g/mol. The van der Waals surface area contributed by atoms with Gasteiger partial charge in [0.25, 0.3) is 5.82 Å². The zero-order chi connectivity index (χ0) is 14.9. The standard InChI is InChI=1S/C13H13BrFN3O2/c1-3-4-11-16-12(13(19)20)17-18(11)10-6-9(15)8(14)5-7(10)2/h5-6H,3-4H2,1-2H3,(H,19,20). The van der Waals surface area contributed by atoms with Gasteiger partial charge in [-0.25, -0.2) is 18.9 Å². The number of carboxylic acid groups (broad SMARTS) is 1. The quantitative estimate of drug-likeness (QED) is 0.927. The minimum Gasteiger partial charge on any atom is -0.475 e. The van der Waals surface area contributed by atoms with Crippen molar-refractivity contribution in [3.05, 3.63) is 39.6 Å². The lowest BCUT2D eigenvalue weighted by atomic mass is 10.2. The summed E-state index contributed by atoms with van der Waals surface area (Å²) in [5.41, 5.74) is 1.27. The average molecular weight is 342 g/mol. The molecule has 0 spiro atoms. The number of nitrogens with zero attached hydrogens (tertiary/aromatic N) is 3. The van der Waals surface area contributed by atoms with Crippen molar-refractivity contribution in [2.24, 2.45) is 0 Å². The minimum absolute atomic E-state index is 0.281. The Kier molecular flexibility index (Phi) is 4.17. The predicted octanol–water partition coefficient (Wildman–Crippen LogP) is 3.13. The van der Waals surface area contributed by atoms with Gasteiger partial charge in [-0.2, -0.15) is 0 Å². The van der Waals surface area contributed by atoms with E-state index in [2.05, 4.69) is 26.0 Å². The molecule has 0 amide bonds. The van der Waals surface area contributed by atoms with Crippen LogP contribution in [0.3, 0.4) is 0 Å². The highest BCUT2D eigenvalue weighted by atomic mass is 79.9. The van der Waals surface area contributed by atoms with Gasteiger partial charge in [0, 0.05) is 12.5 Å². The van der Waals surface area contributed by atoms with E-state index >= 15 is 0 Å². The molecule has 1 aromatic heterocycles. The Balaban J connectivity index is 2.61. The first-order valence-corrected chi connectivity index (χ1v) is 6.88. The van der Waals surface area contributed by atoms with Crippen LogP contribution in [-0.2, 0) is 6.42 Å². The van der Waals surface area contributed by atoms with Crippen molar-refractivity contribution >= 4 is 21.9 Å². The smallest absolute Gasteiger partial charge is 0.375 e. The van der Waals surface area contributed by atoms with E-state index in [0.717, 1.165) is 12.0 Å². The van der Waals surface area contributed by atoms with Gasteiger partial charge < -0.3 is 5.11 Å². The summed E-state index contributed by atoms with van der Waals surface area (Å²) in [7, 11) is 0. The molecule has 0 unspecified atom stereocenters. The van der Waals surface area contributed by atoms with E-state index in [1.54, 1.807) is 13.0 Å². The largest absolute Gasteiger partial charge is 0.475 e. The van der Waals surface area contributed by atoms with Crippen LogP contribution in [0, 0.1) is 12.7 Å². The van der Waals surface area contributed by atoms with Crippen LogP contribution in [0.4, 0.5) is 4.39 Å². The fourth-order valence-electron chi connectivity index (χ4n) is 1.88. The van der Waals surface area contributed by atoms with Gasteiger partial charge in [-0.1, -0.05) is 6.92 Å². The molecule has 2 rings (SSSR count). The van der Waals surface area contributed by atoms with Crippen molar-refractivity contribution in [2.75, 3.05) is 0 Å². The summed E-state index contributed by atoms with van der Waals surface area (Å²) >= 11 is 3.12. The number of aryl methyl sites for hydroxylation is 2. The normalized spacial score (nSPS) is 10.8. The Bertz CT molecular complexity index is 670. The highest BCUT2D eigenvalue weighted by Crippen LogP contribution is 2.24. The Morgan fingerprint density at radius 1 is 1.50 bits per heavy atom. The Morgan fingerprint density at radius 3 is 2.80 bits per heavy atom. The molecule has 20 heavy (non-hydrogen) atoms. The molecule has 0 aliphatic heterocycles. The first-order valence-electron chi connectivity index (χ1n) is 6.09. The summed E-state index contributed by atoms with van der Waals surface area (Å²) in [5, 5.41) is 12.9.